The maximum atomic E-state index is 11.6. The molecule has 20 heteroatoms. The minimum atomic E-state index is -5.28. The smallest absolute Gasteiger partial charge is 0.744 e. The monoisotopic (exact) mass is 584 g/mol. The molecule has 36 heavy (non-hydrogen) atoms. The molecule has 14 nitrogen and oxygen atoms in total. The van der Waals surface area contributed by atoms with Crippen LogP contribution in [0, 0.1) is 0 Å². The molecule has 0 bridgehead atoms. The molecule has 0 saturated heterocycles. The number of anilines is 2. The number of phenols is 1. The van der Waals surface area contributed by atoms with Crippen LogP contribution in [0.25, 0.3) is 10.8 Å². The van der Waals surface area contributed by atoms with Gasteiger partial charge in [0.05, 0.1) is 25.8 Å². The molecule has 176 valence electrons. The van der Waals surface area contributed by atoms with Crippen molar-refractivity contribution in [1.82, 2.24) is 0 Å². The van der Waals surface area contributed by atoms with Gasteiger partial charge in [-0.05, 0) is 41.8 Å². The van der Waals surface area contributed by atoms with E-state index in [4.69, 9.17) is 11.5 Å². The first-order valence-electron chi connectivity index (χ1n) is 8.28. The summed E-state index contributed by atoms with van der Waals surface area (Å²) in [6.07, 6.45) is 0. The molecule has 0 spiro atoms. The van der Waals surface area contributed by atoms with Crippen LogP contribution >= 0.6 is 0 Å². The van der Waals surface area contributed by atoms with Gasteiger partial charge in [-0.15, -0.1) is 10.2 Å². The molecule has 0 atom stereocenters. The molecule has 0 saturated carbocycles. The largest absolute Gasteiger partial charge is 1.00 e. The predicted molar refractivity (Wildman–Crippen MR) is 109 cm³/mol. The number of phenolic OH excluding ortho intramolecular Hbond substituents is 1. The minimum absolute atomic E-state index is 0. The first kappa shape index (κ1) is 35.6. The van der Waals surface area contributed by atoms with Crippen LogP contribution in [0.15, 0.2) is 61.3 Å². The average Bonchev–Trinajstić information content (AvgIpc) is 2.65. The second-order valence-electron chi connectivity index (χ2n) is 6.47. The fraction of sp³-hybridized carbons (Fsp3) is 0. The van der Waals surface area contributed by atoms with E-state index in [0.717, 1.165) is 12.1 Å². The summed E-state index contributed by atoms with van der Waals surface area (Å²) in [7, 11) is -15.5. The van der Waals surface area contributed by atoms with E-state index in [0.29, 0.717) is 18.2 Å². The Labute approximate surface area is 271 Å². The Morgan fingerprint density at radius 2 is 1.28 bits per heavy atom. The van der Waals surface area contributed by atoms with Crippen LogP contribution in [0.1, 0.15) is 0 Å². The van der Waals surface area contributed by atoms with E-state index < -0.39 is 78.6 Å². The quantitative estimate of drug-likeness (QED) is 0.109. The molecule has 0 aliphatic rings. The van der Waals surface area contributed by atoms with Crippen molar-refractivity contribution in [2.75, 3.05) is 11.5 Å². The van der Waals surface area contributed by atoms with Crippen molar-refractivity contribution in [2.45, 2.75) is 14.7 Å². The summed E-state index contributed by atoms with van der Waals surface area (Å²) in [6, 6.07) is 4.78. The van der Waals surface area contributed by atoms with Gasteiger partial charge in [-0.3, -0.25) is 0 Å². The molecule has 0 unspecified atom stereocenters. The van der Waals surface area contributed by atoms with Crippen molar-refractivity contribution in [3.8, 4) is 5.75 Å². The zero-order valence-corrected chi connectivity index (χ0v) is 27.3. The van der Waals surface area contributed by atoms with E-state index in [1.807, 2.05) is 0 Å². The van der Waals surface area contributed by atoms with Gasteiger partial charge in [-0.1, -0.05) is 0 Å². The van der Waals surface area contributed by atoms with Crippen LogP contribution in [-0.4, -0.2) is 44.0 Å². The van der Waals surface area contributed by atoms with Crippen LogP contribution in [0.3, 0.4) is 0 Å². The molecular formula is C16H11N4Na3O10S3. The number of aromatic hydroxyl groups is 1. The predicted octanol–water partition coefficient (Wildman–Crippen LogP) is -8.15. The third kappa shape index (κ3) is 7.84. The molecule has 5 N–H and O–H groups in total. The molecule has 0 amide bonds. The fourth-order valence-electron chi connectivity index (χ4n) is 2.84. The Hall–Kier alpha value is -0.350. The zero-order valence-electron chi connectivity index (χ0n) is 18.9. The first-order valence-corrected chi connectivity index (χ1v) is 12.5. The minimum Gasteiger partial charge on any atom is -0.744 e. The van der Waals surface area contributed by atoms with Gasteiger partial charge in [0.15, 0.2) is 0 Å². The van der Waals surface area contributed by atoms with Crippen LogP contribution in [0.4, 0.5) is 22.7 Å². The van der Waals surface area contributed by atoms with E-state index >= 15 is 0 Å². The van der Waals surface area contributed by atoms with Crippen LogP contribution in [-0.2, 0) is 30.4 Å². The maximum absolute atomic E-state index is 11.6. The number of nitrogens with zero attached hydrogens (tertiary/aromatic N) is 2. The average molecular weight is 584 g/mol. The standard InChI is InChI=1S/C16H14N4O10S3.3Na/c17-8-1-2-10(12(5-8)32(25,26)27)19-20-16-14-7(4-13(15(16)18)33(28,29)30)3-9(6-11(14)21)31(22,23)24;;;/h1-6,21H,17-18H2,(H,22,23,24)(H,25,26,27)(H,28,29,30);;;/q;3*+1/p-3. The van der Waals surface area contributed by atoms with Crippen molar-refractivity contribution in [2.24, 2.45) is 10.2 Å². The Bertz CT molecular complexity index is 1680. The molecule has 0 aromatic heterocycles. The molecule has 0 aliphatic heterocycles. The third-order valence-corrected chi connectivity index (χ3v) is 6.79. The fourth-order valence-corrected chi connectivity index (χ4v) is 4.65. The Balaban J connectivity index is 0.00000408. The van der Waals surface area contributed by atoms with Crippen molar-refractivity contribution in [3.63, 3.8) is 0 Å². The molecule has 3 rings (SSSR count). The number of nitrogens with two attached hydrogens (primary N) is 2. The summed E-state index contributed by atoms with van der Waals surface area (Å²) in [4.78, 5) is -2.92. The summed E-state index contributed by atoms with van der Waals surface area (Å²) in [6.45, 7) is 0. The topological polar surface area (TPSA) is 269 Å². The van der Waals surface area contributed by atoms with Gasteiger partial charge in [-0.2, -0.15) is 0 Å². The number of rotatable bonds is 5. The third-order valence-electron chi connectivity index (χ3n) is 4.23. The molecular weight excluding hydrogens is 573 g/mol. The Morgan fingerprint density at radius 1 is 0.722 bits per heavy atom. The van der Waals surface area contributed by atoms with Crippen LogP contribution in [0.5, 0.6) is 5.75 Å². The van der Waals surface area contributed by atoms with E-state index in [1.165, 1.54) is 6.07 Å². The van der Waals surface area contributed by atoms with E-state index in [1.54, 1.807) is 0 Å². The van der Waals surface area contributed by atoms with Crippen molar-refractivity contribution < 1.29 is 133 Å². The maximum Gasteiger partial charge on any atom is 1.00 e. The van der Waals surface area contributed by atoms with Gasteiger partial charge < -0.3 is 30.2 Å². The van der Waals surface area contributed by atoms with E-state index in [2.05, 4.69) is 10.2 Å². The Kier molecular flexibility index (Phi) is 12.5. The van der Waals surface area contributed by atoms with Gasteiger partial charge >= 0.3 is 88.7 Å². The molecule has 0 fully saturated rings. The second-order valence-corrected chi connectivity index (χ2v) is 10.5. The second kappa shape index (κ2) is 12.7. The van der Waals surface area contributed by atoms with Gasteiger partial charge in [0, 0.05) is 5.69 Å². The number of hydrogen-bond donors (Lipinski definition) is 3. The molecule has 3 aromatic rings. The number of benzene rings is 3. The number of hydrogen-bond acceptors (Lipinski definition) is 14. The molecule has 0 aliphatic carbocycles. The Morgan fingerprint density at radius 3 is 1.78 bits per heavy atom. The first-order chi connectivity index (χ1) is 15.0. The molecule has 0 radical (unpaired) electrons. The normalized spacial score (nSPS) is 12.0. The van der Waals surface area contributed by atoms with Crippen molar-refractivity contribution in [3.05, 3.63) is 36.4 Å². The summed E-state index contributed by atoms with van der Waals surface area (Å²) in [5.41, 5.74) is 9.03. The SMILES string of the molecule is Nc1ccc(N=Nc2c(N)c(S(=O)(=O)[O-])cc3cc(S(=O)(=O)[O-])cc(O)c23)c(S(=O)(=O)[O-])c1.[Na+].[Na+].[Na+]. The molecule has 0 heterocycles. The van der Waals surface area contributed by atoms with Crippen molar-refractivity contribution >= 4 is 63.9 Å². The van der Waals surface area contributed by atoms with Crippen LogP contribution < -0.4 is 100 Å². The van der Waals surface area contributed by atoms with Crippen molar-refractivity contribution in [1.29, 1.82) is 0 Å². The van der Waals surface area contributed by atoms with E-state index in [-0.39, 0.29) is 94.4 Å². The summed E-state index contributed by atoms with van der Waals surface area (Å²) >= 11 is 0. The van der Waals surface area contributed by atoms with Gasteiger partial charge in [-0.25, -0.2) is 25.3 Å². The number of azo groups is 1. The van der Waals surface area contributed by atoms with E-state index in [9.17, 15) is 44.0 Å². The van der Waals surface area contributed by atoms with Crippen LogP contribution in [0.2, 0.25) is 0 Å². The van der Waals surface area contributed by atoms with Gasteiger partial charge in [0.1, 0.15) is 47.5 Å². The van der Waals surface area contributed by atoms with Gasteiger partial charge in [0.25, 0.3) is 0 Å². The van der Waals surface area contributed by atoms with Gasteiger partial charge in [0.2, 0.25) is 0 Å². The summed E-state index contributed by atoms with van der Waals surface area (Å²) < 4.78 is 103. The summed E-state index contributed by atoms with van der Waals surface area (Å²) in [5.74, 6) is -0.897. The summed E-state index contributed by atoms with van der Waals surface area (Å²) in [5, 5.41) is 16.6. The zero-order chi connectivity index (χ0) is 24.9. The number of fused-ring (bicyclic) bond motifs is 1. The number of nitrogen functional groups attached to an aromatic ring is 2. The molecule has 3 aromatic carbocycles.